The average molecular weight is 387 g/mol. The van der Waals surface area contributed by atoms with Crippen molar-refractivity contribution in [3.8, 4) is 0 Å². The van der Waals surface area contributed by atoms with E-state index in [1.807, 2.05) is 24.3 Å². The van der Waals surface area contributed by atoms with Crippen molar-refractivity contribution in [2.45, 2.75) is 25.7 Å². The molecule has 0 aliphatic carbocycles. The highest BCUT2D eigenvalue weighted by Gasteiger charge is 2.16. The Morgan fingerprint density at radius 1 is 0.846 bits per heavy atom. The van der Waals surface area contributed by atoms with Crippen LogP contribution in [0.5, 0.6) is 0 Å². The van der Waals surface area contributed by atoms with Gasteiger partial charge in [-0.3, -0.25) is 0 Å². The van der Waals surface area contributed by atoms with E-state index in [0.29, 0.717) is 16.0 Å². The number of aromatic nitrogens is 2. The van der Waals surface area contributed by atoms with Gasteiger partial charge < -0.3 is 10.2 Å². The number of benzene rings is 2. The van der Waals surface area contributed by atoms with Crippen LogP contribution >= 0.6 is 23.2 Å². The minimum Gasteiger partial charge on any atom is -0.356 e. The molecule has 1 aromatic heterocycles. The molecule has 0 radical (unpaired) electrons. The first-order chi connectivity index (χ1) is 12.7. The van der Waals surface area contributed by atoms with Crippen LogP contribution in [-0.2, 0) is 0 Å². The number of hydrogen-bond acceptors (Lipinski definition) is 4. The van der Waals surface area contributed by atoms with E-state index in [1.54, 1.807) is 12.1 Å². The van der Waals surface area contributed by atoms with Gasteiger partial charge >= 0.3 is 0 Å². The molecule has 6 heteroatoms. The summed E-state index contributed by atoms with van der Waals surface area (Å²) >= 11 is 12.1. The van der Waals surface area contributed by atoms with E-state index >= 15 is 0 Å². The minimum atomic E-state index is 0.505. The number of nitrogens with zero attached hydrogens (tertiary/aromatic N) is 3. The van der Waals surface area contributed by atoms with Crippen LogP contribution in [0.4, 0.5) is 17.5 Å². The Morgan fingerprint density at radius 2 is 1.62 bits per heavy atom. The number of fused-ring (bicyclic) bond motifs is 1. The molecule has 1 aliphatic heterocycles. The van der Waals surface area contributed by atoms with Gasteiger partial charge in [0.25, 0.3) is 0 Å². The molecule has 0 unspecified atom stereocenters. The van der Waals surface area contributed by atoms with Gasteiger partial charge in [0.05, 0.1) is 15.6 Å². The third kappa shape index (κ3) is 3.71. The quantitative estimate of drug-likeness (QED) is 0.593. The van der Waals surface area contributed by atoms with Gasteiger partial charge in [0.2, 0.25) is 5.95 Å². The second-order valence-corrected chi connectivity index (χ2v) is 7.36. The lowest BCUT2D eigenvalue weighted by molar-refractivity contribution is 0.726. The third-order valence-corrected chi connectivity index (χ3v) is 5.40. The Hall–Kier alpha value is -2.04. The van der Waals surface area contributed by atoms with Gasteiger partial charge in [0.15, 0.2) is 0 Å². The van der Waals surface area contributed by atoms with Crippen LogP contribution in [0.2, 0.25) is 10.0 Å². The molecule has 2 heterocycles. The van der Waals surface area contributed by atoms with Crippen molar-refractivity contribution in [3.63, 3.8) is 0 Å². The Labute approximate surface area is 163 Å². The summed E-state index contributed by atoms with van der Waals surface area (Å²) in [4.78, 5) is 11.9. The molecule has 1 fully saturated rings. The molecular formula is C20H20Cl2N4. The van der Waals surface area contributed by atoms with Crippen molar-refractivity contribution < 1.29 is 0 Å². The van der Waals surface area contributed by atoms with E-state index in [2.05, 4.69) is 21.3 Å². The minimum absolute atomic E-state index is 0.505. The summed E-state index contributed by atoms with van der Waals surface area (Å²) in [5.41, 5.74) is 1.75. The van der Waals surface area contributed by atoms with E-state index in [1.165, 1.54) is 25.7 Å². The fourth-order valence-corrected chi connectivity index (χ4v) is 3.64. The Kier molecular flexibility index (Phi) is 5.14. The fraction of sp³-hybridized carbons (Fsp3) is 0.300. The van der Waals surface area contributed by atoms with Gasteiger partial charge in [-0.05, 0) is 43.2 Å². The molecular weight excluding hydrogens is 367 g/mol. The fourth-order valence-electron chi connectivity index (χ4n) is 3.34. The summed E-state index contributed by atoms with van der Waals surface area (Å²) in [7, 11) is 0. The third-order valence-electron chi connectivity index (χ3n) is 4.66. The van der Waals surface area contributed by atoms with Gasteiger partial charge in [-0.1, -0.05) is 48.2 Å². The van der Waals surface area contributed by atoms with E-state index in [9.17, 15) is 0 Å². The highest BCUT2D eigenvalue weighted by atomic mass is 35.5. The molecule has 134 valence electrons. The predicted octanol–water partition coefficient (Wildman–Crippen LogP) is 6.06. The monoisotopic (exact) mass is 386 g/mol. The second-order valence-electron chi connectivity index (χ2n) is 6.54. The Bertz CT molecular complexity index is 921. The van der Waals surface area contributed by atoms with Crippen LogP contribution in [0.3, 0.4) is 0 Å². The molecule has 0 saturated carbocycles. The number of rotatable bonds is 3. The maximum absolute atomic E-state index is 6.13. The largest absolute Gasteiger partial charge is 0.356 e. The summed E-state index contributed by atoms with van der Waals surface area (Å²) < 4.78 is 0. The van der Waals surface area contributed by atoms with Crippen LogP contribution in [-0.4, -0.2) is 23.1 Å². The van der Waals surface area contributed by atoms with Gasteiger partial charge in [0, 0.05) is 24.2 Å². The zero-order chi connectivity index (χ0) is 17.9. The van der Waals surface area contributed by atoms with Crippen molar-refractivity contribution >= 4 is 51.6 Å². The highest BCUT2D eigenvalue weighted by Crippen LogP contribution is 2.30. The van der Waals surface area contributed by atoms with Crippen LogP contribution < -0.4 is 10.2 Å². The molecule has 4 rings (SSSR count). The van der Waals surface area contributed by atoms with E-state index in [4.69, 9.17) is 28.2 Å². The van der Waals surface area contributed by atoms with Crippen LogP contribution in [0, 0.1) is 0 Å². The molecule has 4 nitrogen and oxygen atoms in total. The summed E-state index contributed by atoms with van der Waals surface area (Å²) in [5.74, 6) is 1.57. The number of nitrogens with one attached hydrogen (secondary N) is 1. The first kappa shape index (κ1) is 17.4. The maximum atomic E-state index is 6.13. The molecule has 1 N–H and O–H groups in total. The predicted molar refractivity (Wildman–Crippen MR) is 110 cm³/mol. The maximum Gasteiger partial charge on any atom is 0.229 e. The molecule has 0 spiro atoms. The first-order valence-electron chi connectivity index (χ1n) is 8.94. The van der Waals surface area contributed by atoms with Crippen LogP contribution in [0.15, 0.2) is 42.5 Å². The number of hydrogen-bond donors (Lipinski definition) is 1. The lowest BCUT2D eigenvalue weighted by atomic mass is 10.2. The topological polar surface area (TPSA) is 41.1 Å². The zero-order valence-electron chi connectivity index (χ0n) is 14.4. The standard InChI is InChI=1S/C20H20Cl2N4/c21-16-10-9-14(13-17(16)22)23-20-24-18-8-4-3-7-15(18)19(25-20)26-11-5-1-2-6-12-26/h3-4,7-10,13H,1-2,5-6,11-12H2,(H,23,24,25). The Balaban J connectivity index is 1.74. The molecule has 0 amide bonds. The molecule has 2 aromatic carbocycles. The highest BCUT2D eigenvalue weighted by molar-refractivity contribution is 6.42. The zero-order valence-corrected chi connectivity index (χ0v) is 15.9. The van der Waals surface area contributed by atoms with Gasteiger partial charge in [-0.2, -0.15) is 4.98 Å². The normalized spacial score (nSPS) is 15.1. The smallest absolute Gasteiger partial charge is 0.229 e. The summed E-state index contributed by atoms with van der Waals surface area (Å²) in [5, 5.41) is 5.39. The van der Waals surface area contributed by atoms with Crippen molar-refractivity contribution in [1.82, 2.24) is 9.97 Å². The first-order valence-corrected chi connectivity index (χ1v) is 9.70. The molecule has 0 atom stereocenters. The van der Waals surface area contributed by atoms with Crippen LogP contribution in [0.25, 0.3) is 10.9 Å². The van der Waals surface area contributed by atoms with Crippen molar-refractivity contribution in [2.75, 3.05) is 23.3 Å². The molecule has 26 heavy (non-hydrogen) atoms. The molecule has 3 aromatic rings. The summed E-state index contributed by atoms with van der Waals surface area (Å²) in [6.07, 6.45) is 4.98. The van der Waals surface area contributed by atoms with Crippen molar-refractivity contribution in [1.29, 1.82) is 0 Å². The van der Waals surface area contributed by atoms with Gasteiger partial charge in [-0.25, -0.2) is 4.98 Å². The van der Waals surface area contributed by atoms with Crippen molar-refractivity contribution in [2.24, 2.45) is 0 Å². The van der Waals surface area contributed by atoms with E-state index in [0.717, 1.165) is 35.5 Å². The van der Waals surface area contributed by atoms with Gasteiger partial charge in [0.1, 0.15) is 5.82 Å². The van der Waals surface area contributed by atoms with E-state index < -0.39 is 0 Å². The van der Waals surface area contributed by atoms with E-state index in [-0.39, 0.29) is 0 Å². The summed E-state index contributed by atoms with van der Waals surface area (Å²) in [6, 6.07) is 13.6. The number of halogens is 2. The molecule has 0 bridgehead atoms. The molecule has 1 saturated heterocycles. The SMILES string of the molecule is Clc1ccc(Nc2nc(N3CCCCCC3)c3ccccc3n2)cc1Cl. The lowest BCUT2D eigenvalue weighted by Crippen LogP contribution is -2.25. The number of para-hydroxylation sites is 1. The Morgan fingerprint density at radius 3 is 2.38 bits per heavy atom. The van der Waals surface area contributed by atoms with Gasteiger partial charge in [-0.15, -0.1) is 0 Å². The lowest BCUT2D eigenvalue weighted by Gasteiger charge is -2.23. The molecule has 1 aliphatic rings. The second kappa shape index (κ2) is 7.68. The van der Waals surface area contributed by atoms with Crippen molar-refractivity contribution in [3.05, 3.63) is 52.5 Å². The summed E-state index contributed by atoms with van der Waals surface area (Å²) in [6.45, 7) is 2.07. The average Bonchev–Trinajstić information content (AvgIpc) is 2.93. The van der Waals surface area contributed by atoms with Crippen LogP contribution in [0.1, 0.15) is 25.7 Å². The number of anilines is 3.